The van der Waals surface area contributed by atoms with Crippen molar-refractivity contribution in [2.45, 2.75) is 54.5 Å². The standard InChI is InChI=1S/C18H32N4O/c1-12-15(17(2,3)4)13-11-21(14(23)10-19)8-9-22(13)16(20-12)18(5,6)7/h12H,8-11,19H2,1-7H3/t12-/m0/s1. The van der Waals surface area contributed by atoms with Crippen LogP contribution in [0.1, 0.15) is 48.5 Å². The molecule has 23 heavy (non-hydrogen) atoms. The zero-order valence-electron chi connectivity index (χ0n) is 15.7. The average molecular weight is 320 g/mol. The van der Waals surface area contributed by atoms with Gasteiger partial charge in [0, 0.05) is 24.2 Å². The summed E-state index contributed by atoms with van der Waals surface area (Å²) in [5, 5.41) is 0. The number of carbonyl (C=O) groups is 1. The third kappa shape index (κ3) is 3.44. The summed E-state index contributed by atoms with van der Waals surface area (Å²) >= 11 is 0. The van der Waals surface area contributed by atoms with Crippen LogP contribution in [-0.2, 0) is 4.79 Å². The lowest BCUT2D eigenvalue weighted by Gasteiger charge is -2.48. The van der Waals surface area contributed by atoms with E-state index in [4.69, 9.17) is 10.7 Å². The van der Waals surface area contributed by atoms with E-state index < -0.39 is 0 Å². The molecule has 5 nitrogen and oxygen atoms in total. The second-order valence-corrected chi connectivity index (χ2v) is 8.66. The second kappa shape index (κ2) is 5.93. The van der Waals surface area contributed by atoms with Crippen LogP contribution in [0.4, 0.5) is 0 Å². The first-order valence-electron chi connectivity index (χ1n) is 8.54. The molecular weight excluding hydrogens is 288 g/mol. The minimum absolute atomic E-state index is 0.0109. The van der Waals surface area contributed by atoms with Crippen molar-refractivity contribution in [1.82, 2.24) is 9.80 Å². The number of nitrogens with two attached hydrogens (primary N) is 1. The highest BCUT2D eigenvalue weighted by Gasteiger charge is 2.40. The van der Waals surface area contributed by atoms with Crippen LogP contribution in [0.3, 0.4) is 0 Å². The molecule has 1 amide bonds. The van der Waals surface area contributed by atoms with Gasteiger partial charge in [-0.05, 0) is 17.9 Å². The topological polar surface area (TPSA) is 61.9 Å². The Morgan fingerprint density at radius 3 is 2.26 bits per heavy atom. The molecule has 0 aromatic carbocycles. The summed E-state index contributed by atoms with van der Waals surface area (Å²) in [5.74, 6) is 1.16. The van der Waals surface area contributed by atoms with Crippen molar-refractivity contribution in [3.05, 3.63) is 11.3 Å². The molecule has 0 unspecified atom stereocenters. The Morgan fingerprint density at radius 2 is 1.78 bits per heavy atom. The SMILES string of the molecule is C[C@@H]1N=C(C(C)(C)C)N2CCN(C(=O)CN)CC2=C1C(C)(C)C. The minimum atomic E-state index is -0.0109. The van der Waals surface area contributed by atoms with E-state index in [1.165, 1.54) is 11.3 Å². The summed E-state index contributed by atoms with van der Waals surface area (Å²) in [7, 11) is 0. The van der Waals surface area contributed by atoms with Gasteiger partial charge in [0.05, 0.1) is 19.1 Å². The van der Waals surface area contributed by atoms with Crippen molar-refractivity contribution in [3.63, 3.8) is 0 Å². The van der Waals surface area contributed by atoms with Gasteiger partial charge in [-0.3, -0.25) is 9.79 Å². The maximum absolute atomic E-state index is 12.1. The molecule has 1 saturated heterocycles. The lowest BCUT2D eigenvalue weighted by molar-refractivity contribution is -0.130. The second-order valence-electron chi connectivity index (χ2n) is 8.66. The minimum Gasteiger partial charge on any atom is -0.334 e. The summed E-state index contributed by atoms with van der Waals surface area (Å²) in [5.41, 5.74) is 8.16. The van der Waals surface area contributed by atoms with Gasteiger partial charge in [0.1, 0.15) is 5.84 Å². The zero-order valence-corrected chi connectivity index (χ0v) is 15.7. The molecule has 5 heteroatoms. The molecule has 0 radical (unpaired) electrons. The van der Waals surface area contributed by atoms with Gasteiger partial charge in [-0.15, -0.1) is 0 Å². The lowest BCUT2D eigenvalue weighted by Crippen LogP contribution is -2.56. The number of hydrogen-bond donors (Lipinski definition) is 1. The van der Waals surface area contributed by atoms with E-state index in [0.717, 1.165) is 12.4 Å². The van der Waals surface area contributed by atoms with Gasteiger partial charge < -0.3 is 15.5 Å². The van der Waals surface area contributed by atoms with Gasteiger partial charge in [0.15, 0.2) is 0 Å². The molecule has 0 aliphatic carbocycles. The van der Waals surface area contributed by atoms with E-state index in [1.54, 1.807) is 0 Å². The molecular formula is C18H32N4O. The summed E-state index contributed by atoms with van der Waals surface area (Å²) in [6.07, 6.45) is 0. The summed E-state index contributed by atoms with van der Waals surface area (Å²) < 4.78 is 0. The van der Waals surface area contributed by atoms with Crippen LogP contribution >= 0.6 is 0 Å². The van der Waals surface area contributed by atoms with Crippen molar-refractivity contribution in [3.8, 4) is 0 Å². The Hall–Kier alpha value is -1.36. The van der Waals surface area contributed by atoms with Crippen molar-refractivity contribution in [2.75, 3.05) is 26.2 Å². The van der Waals surface area contributed by atoms with Gasteiger partial charge in [0.2, 0.25) is 5.91 Å². The van der Waals surface area contributed by atoms with E-state index in [2.05, 4.69) is 53.4 Å². The number of nitrogens with zero attached hydrogens (tertiary/aromatic N) is 3. The Kier molecular flexibility index (Phi) is 4.64. The molecule has 0 spiro atoms. The van der Waals surface area contributed by atoms with Crippen LogP contribution in [-0.4, -0.2) is 53.8 Å². The molecule has 130 valence electrons. The highest BCUT2D eigenvalue weighted by Crippen LogP contribution is 2.40. The van der Waals surface area contributed by atoms with Crippen LogP contribution in [0, 0.1) is 10.8 Å². The quantitative estimate of drug-likeness (QED) is 0.806. The van der Waals surface area contributed by atoms with Crippen LogP contribution in [0.25, 0.3) is 0 Å². The molecule has 2 rings (SSSR count). The fourth-order valence-electron chi connectivity index (χ4n) is 3.72. The summed E-state index contributed by atoms with van der Waals surface area (Å²) in [6, 6.07) is 0.142. The van der Waals surface area contributed by atoms with Crippen LogP contribution < -0.4 is 5.73 Å². The number of carbonyl (C=O) groups excluding carboxylic acids is 1. The highest BCUT2D eigenvalue weighted by atomic mass is 16.2. The average Bonchev–Trinajstić information content (AvgIpc) is 2.42. The largest absolute Gasteiger partial charge is 0.334 e. The Morgan fingerprint density at radius 1 is 1.17 bits per heavy atom. The molecule has 0 aromatic heterocycles. The maximum Gasteiger partial charge on any atom is 0.236 e. The number of aliphatic imine (C=N–C) groups is 1. The number of amidine groups is 1. The van der Waals surface area contributed by atoms with Crippen LogP contribution in [0.5, 0.6) is 0 Å². The smallest absolute Gasteiger partial charge is 0.236 e. The molecule has 1 fully saturated rings. The number of hydrogen-bond acceptors (Lipinski definition) is 4. The first kappa shape index (κ1) is 18.0. The number of fused-ring (bicyclic) bond motifs is 1. The fourth-order valence-corrected chi connectivity index (χ4v) is 3.72. The van der Waals surface area contributed by atoms with Crippen LogP contribution in [0.2, 0.25) is 0 Å². The van der Waals surface area contributed by atoms with Crippen molar-refractivity contribution >= 4 is 11.7 Å². The molecule has 2 aliphatic rings. The summed E-state index contributed by atoms with van der Waals surface area (Å²) in [6.45, 7) is 17.7. The van der Waals surface area contributed by atoms with E-state index in [-0.39, 0.29) is 29.3 Å². The monoisotopic (exact) mass is 320 g/mol. The molecule has 1 atom stereocenters. The van der Waals surface area contributed by atoms with Crippen molar-refractivity contribution < 1.29 is 4.79 Å². The normalized spacial score (nSPS) is 23.0. The summed E-state index contributed by atoms with van der Waals surface area (Å²) in [4.78, 5) is 21.4. The Labute approximate surface area is 140 Å². The van der Waals surface area contributed by atoms with Gasteiger partial charge in [-0.2, -0.15) is 0 Å². The van der Waals surface area contributed by atoms with Gasteiger partial charge >= 0.3 is 0 Å². The molecule has 2 N–H and O–H groups in total. The molecule has 0 saturated carbocycles. The van der Waals surface area contributed by atoms with Crippen molar-refractivity contribution in [1.29, 1.82) is 0 Å². The van der Waals surface area contributed by atoms with E-state index in [0.29, 0.717) is 13.1 Å². The maximum atomic E-state index is 12.1. The predicted octanol–water partition coefficient (Wildman–Crippen LogP) is 2.24. The number of rotatable bonds is 1. The van der Waals surface area contributed by atoms with Gasteiger partial charge in [-0.1, -0.05) is 41.5 Å². The van der Waals surface area contributed by atoms with E-state index in [1.807, 2.05) is 4.90 Å². The predicted molar refractivity (Wildman–Crippen MR) is 95.2 cm³/mol. The van der Waals surface area contributed by atoms with E-state index in [9.17, 15) is 4.79 Å². The molecule has 2 heterocycles. The molecule has 2 aliphatic heterocycles. The first-order chi connectivity index (χ1) is 10.5. The fraction of sp³-hybridized carbons (Fsp3) is 0.778. The number of piperazine rings is 1. The lowest BCUT2D eigenvalue weighted by atomic mass is 9.78. The zero-order chi connectivity index (χ0) is 17.6. The first-order valence-corrected chi connectivity index (χ1v) is 8.54. The van der Waals surface area contributed by atoms with Crippen LogP contribution in [0.15, 0.2) is 16.3 Å². The third-order valence-electron chi connectivity index (χ3n) is 4.57. The highest BCUT2D eigenvalue weighted by molar-refractivity contribution is 5.91. The van der Waals surface area contributed by atoms with Gasteiger partial charge in [-0.25, -0.2) is 0 Å². The van der Waals surface area contributed by atoms with Crippen molar-refractivity contribution in [2.24, 2.45) is 21.6 Å². The van der Waals surface area contributed by atoms with Gasteiger partial charge in [0.25, 0.3) is 0 Å². The Bertz CT molecular complexity index is 548. The molecule has 0 aromatic rings. The third-order valence-corrected chi connectivity index (χ3v) is 4.57. The Balaban J connectivity index is 2.50. The number of amides is 1. The van der Waals surface area contributed by atoms with E-state index >= 15 is 0 Å². The molecule has 0 bridgehead atoms.